The van der Waals surface area contributed by atoms with Gasteiger partial charge in [-0.2, -0.15) is 5.26 Å². The topological polar surface area (TPSA) is 99.1 Å². The maximum Gasteiger partial charge on any atom is 0.238 e. The second kappa shape index (κ2) is 5.78. The standard InChI is InChI=1S/C15H16ClN3O3S/c16-11-3-1-2-4-13(11)23(21,22)10-7-12(18-8-10)14(20)19-15(9-17)5-6-15/h1-4,10,12,18H,5-8H2,(H,19,20)/t10-,12+/m1/s1. The molecule has 1 saturated carbocycles. The van der Waals surface area contributed by atoms with Crippen LogP contribution in [0.3, 0.4) is 0 Å². The second-order valence-corrected chi connectivity index (χ2v) is 8.58. The van der Waals surface area contributed by atoms with E-state index in [-0.39, 0.29) is 28.8 Å². The number of nitrogens with zero attached hydrogens (tertiary/aromatic N) is 1. The van der Waals surface area contributed by atoms with Gasteiger partial charge in [-0.15, -0.1) is 0 Å². The summed E-state index contributed by atoms with van der Waals surface area (Å²) in [6.07, 6.45) is 1.45. The van der Waals surface area contributed by atoms with E-state index in [0.29, 0.717) is 12.8 Å². The Morgan fingerprint density at radius 2 is 2.09 bits per heavy atom. The van der Waals surface area contributed by atoms with Crippen LogP contribution in [0.5, 0.6) is 0 Å². The van der Waals surface area contributed by atoms with Gasteiger partial charge in [0.15, 0.2) is 9.84 Å². The summed E-state index contributed by atoms with van der Waals surface area (Å²) >= 11 is 5.99. The first-order valence-electron chi connectivity index (χ1n) is 7.33. The molecule has 3 rings (SSSR count). The first kappa shape index (κ1) is 16.2. The Bertz CT molecular complexity index is 783. The highest BCUT2D eigenvalue weighted by molar-refractivity contribution is 7.92. The van der Waals surface area contributed by atoms with Gasteiger partial charge in [0.25, 0.3) is 0 Å². The minimum atomic E-state index is -3.61. The maximum atomic E-state index is 12.7. The highest BCUT2D eigenvalue weighted by Crippen LogP contribution is 2.35. The number of benzene rings is 1. The molecule has 122 valence electrons. The highest BCUT2D eigenvalue weighted by Gasteiger charge is 2.47. The first-order valence-corrected chi connectivity index (χ1v) is 9.25. The first-order chi connectivity index (χ1) is 10.9. The van der Waals surface area contributed by atoms with E-state index in [0.717, 1.165) is 0 Å². The summed E-state index contributed by atoms with van der Waals surface area (Å²) in [5.74, 6) is -0.319. The lowest BCUT2D eigenvalue weighted by molar-refractivity contribution is -0.123. The van der Waals surface area contributed by atoms with Crippen molar-refractivity contribution >= 4 is 27.3 Å². The quantitative estimate of drug-likeness (QED) is 0.841. The fourth-order valence-corrected chi connectivity index (χ4v) is 4.89. The molecule has 1 aliphatic heterocycles. The number of nitrogens with one attached hydrogen (secondary N) is 2. The van der Waals surface area contributed by atoms with E-state index in [9.17, 15) is 13.2 Å². The molecule has 1 aliphatic carbocycles. The molecule has 1 aromatic rings. The van der Waals surface area contributed by atoms with Crippen molar-refractivity contribution in [3.8, 4) is 6.07 Å². The van der Waals surface area contributed by atoms with Crippen molar-refractivity contribution in [1.82, 2.24) is 10.6 Å². The molecule has 1 heterocycles. The molecule has 0 aromatic heterocycles. The van der Waals surface area contributed by atoms with Gasteiger partial charge in [0.1, 0.15) is 5.54 Å². The molecule has 0 radical (unpaired) electrons. The Hall–Kier alpha value is -1.62. The molecule has 2 fully saturated rings. The van der Waals surface area contributed by atoms with Crippen LogP contribution in [0.15, 0.2) is 29.2 Å². The summed E-state index contributed by atoms with van der Waals surface area (Å²) in [6, 6.07) is 7.77. The van der Waals surface area contributed by atoms with Crippen molar-refractivity contribution in [3.05, 3.63) is 29.3 Å². The Balaban J connectivity index is 1.71. The van der Waals surface area contributed by atoms with Crippen LogP contribution in [0.2, 0.25) is 5.02 Å². The predicted octanol–water partition coefficient (Wildman–Crippen LogP) is 1.02. The van der Waals surface area contributed by atoms with Gasteiger partial charge in [-0.3, -0.25) is 4.79 Å². The van der Waals surface area contributed by atoms with E-state index in [1.165, 1.54) is 12.1 Å². The number of halogens is 1. The Morgan fingerprint density at radius 3 is 2.70 bits per heavy atom. The minimum Gasteiger partial charge on any atom is -0.336 e. The van der Waals surface area contributed by atoms with Gasteiger partial charge in [-0.25, -0.2) is 8.42 Å². The largest absolute Gasteiger partial charge is 0.336 e. The second-order valence-electron chi connectivity index (χ2n) is 5.98. The SMILES string of the molecule is N#CC1(NC(=O)[C@@H]2C[C@@H](S(=O)(=O)c3ccccc3Cl)CN2)CC1. The third-order valence-electron chi connectivity index (χ3n) is 4.32. The van der Waals surface area contributed by atoms with Gasteiger partial charge in [-0.05, 0) is 31.4 Å². The van der Waals surface area contributed by atoms with Gasteiger partial charge in [0.05, 0.1) is 27.3 Å². The van der Waals surface area contributed by atoms with E-state index < -0.39 is 26.7 Å². The number of hydrogen-bond acceptors (Lipinski definition) is 5. The molecule has 1 amide bonds. The van der Waals surface area contributed by atoms with Crippen LogP contribution in [-0.4, -0.2) is 37.7 Å². The van der Waals surface area contributed by atoms with Crippen LogP contribution in [0.4, 0.5) is 0 Å². The van der Waals surface area contributed by atoms with Gasteiger partial charge in [0, 0.05) is 6.54 Å². The maximum absolute atomic E-state index is 12.7. The molecule has 6 nitrogen and oxygen atoms in total. The summed E-state index contributed by atoms with van der Waals surface area (Å²) in [4.78, 5) is 12.3. The van der Waals surface area contributed by atoms with E-state index >= 15 is 0 Å². The van der Waals surface area contributed by atoms with E-state index in [4.69, 9.17) is 16.9 Å². The molecule has 0 unspecified atom stereocenters. The molecule has 2 N–H and O–H groups in total. The molecule has 2 aliphatic rings. The predicted molar refractivity (Wildman–Crippen MR) is 84.6 cm³/mol. The lowest BCUT2D eigenvalue weighted by atomic mass is 10.2. The van der Waals surface area contributed by atoms with Gasteiger partial charge >= 0.3 is 0 Å². The van der Waals surface area contributed by atoms with Crippen LogP contribution in [0.25, 0.3) is 0 Å². The number of rotatable bonds is 4. The molecule has 2 atom stereocenters. The smallest absolute Gasteiger partial charge is 0.238 e. The normalized spacial score (nSPS) is 25.6. The van der Waals surface area contributed by atoms with Crippen LogP contribution in [-0.2, 0) is 14.6 Å². The number of sulfone groups is 1. The van der Waals surface area contributed by atoms with E-state index in [2.05, 4.69) is 16.7 Å². The fourth-order valence-electron chi connectivity index (χ4n) is 2.71. The zero-order valence-corrected chi connectivity index (χ0v) is 13.8. The van der Waals surface area contributed by atoms with Crippen LogP contribution in [0, 0.1) is 11.3 Å². The average Bonchev–Trinajstić information content (AvgIpc) is 3.11. The monoisotopic (exact) mass is 353 g/mol. The lowest BCUT2D eigenvalue weighted by Crippen LogP contribution is -2.45. The summed E-state index contributed by atoms with van der Waals surface area (Å²) in [5, 5.41) is 14.1. The third-order valence-corrected chi connectivity index (χ3v) is 6.96. The van der Waals surface area contributed by atoms with Crippen molar-refractivity contribution in [2.24, 2.45) is 0 Å². The van der Waals surface area contributed by atoms with Crippen LogP contribution < -0.4 is 10.6 Å². The van der Waals surface area contributed by atoms with E-state index in [1.807, 2.05) is 0 Å². The number of hydrogen-bond donors (Lipinski definition) is 2. The van der Waals surface area contributed by atoms with Crippen LogP contribution in [0.1, 0.15) is 19.3 Å². The number of amides is 1. The summed E-state index contributed by atoms with van der Waals surface area (Å²) < 4.78 is 25.3. The number of carbonyl (C=O) groups is 1. The lowest BCUT2D eigenvalue weighted by Gasteiger charge is -2.15. The van der Waals surface area contributed by atoms with Crippen molar-refractivity contribution < 1.29 is 13.2 Å². The molecule has 0 bridgehead atoms. The van der Waals surface area contributed by atoms with Crippen molar-refractivity contribution in [1.29, 1.82) is 5.26 Å². The van der Waals surface area contributed by atoms with Gasteiger partial charge in [-0.1, -0.05) is 23.7 Å². The highest BCUT2D eigenvalue weighted by atomic mass is 35.5. The zero-order valence-electron chi connectivity index (χ0n) is 12.3. The molecule has 0 spiro atoms. The molecule has 23 heavy (non-hydrogen) atoms. The third kappa shape index (κ3) is 3.07. The number of nitriles is 1. The van der Waals surface area contributed by atoms with Crippen molar-refractivity contribution in [2.45, 2.75) is 41.0 Å². The van der Waals surface area contributed by atoms with Gasteiger partial charge in [0.2, 0.25) is 5.91 Å². The van der Waals surface area contributed by atoms with Crippen LogP contribution >= 0.6 is 11.6 Å². The van der Waals surface area contributed by atoms with Crippen molar-refractivity contribution in [2.75, 3.05) is 6.54 Å². The zero-order chi connectivity index (χ0) is 16.7. The fraction of sp³-hybridized carbons (Fsp3) is 0.467. The Morgan fingerprint density at radius 1 is 1.39 bits per heavy atom. The van der Waals surface area contributed by atoms with Crippen molar-refractivity contribution in [3.63, 3.8) is 0 Å². The minimum absolute atomic E-state index is 0.0882. The Labute approximate surface area is 139 Å². The molecular weight excluding hydrogens is 338 g/mol. The van der Waals surface area contributed by atoms with Gasteiger partial charge < -0.3 is 10.6 Å². The summed E-state index contributed by atoms with van der Waals surface area (Å²) in [7, 11) is -3.61. The average molecular weight is 354 g/mol. The number of carbonyl (C=O) groups excluding carboxylic acids is 1. The molecule has 1 saturated heterocycles. The molecular formula is C15H16ClN3O3S. The van der Waals surface area contributed by atoms with E-state index in [1.54, 1.807) is 12.1 Å². The summed E-state index contributed by atoms with van der Waals surface area (Å²) in [5.41, 5.74) is -0.752. The molecule has 1 aromatic carbocycles. The Kier molecular flexibility index (Phi) is 4.08. The molecule has 8 heteroatoms. The summed E-state index contributed by atoms with van der Waals surface area (Å²) in [6.45, 7) is 0.186.